The van der Waals surface area contributed by atoms with Gasteiger partial charge in [-0.3, -0.25) is 9.36 Å². The Kier molecular flexibility index (Phi) is 3.43. The van der Waals surface area contributed by atoms with E-state index in [1.807, 2.05) is 6.92 Å². The topological polar surface area (TPSA) is 47.8 Å². The molecule has 2 heterocycles. The van der Waals surface area contributed by atoms with Gasteiger partial charge in [-0.1, -0.05) is 23.2 Å². The van der Waals surface area contributed by atoms with E-state index in [-0.39, 0.29) is 5.56 Å². The molecule has 2 aromatic heterocycles. The number of halogens is 2. The van der Waals surface area contributed by atoms with E-state index in [1.165, 1.54) is 4.57 Å². The number of benzene rings is 1. The molecule has 0 atom stereocenters. The molecule has 0 amide bonds. The lowest BCUT2D eigenvalue weighted by molar-refractivity contribution is 0.854. The van der Waals surface area contributed by atoms with Crippen molar-refractivity contribution in [3.63, 3.8) is 0 Å². The molecule has 0 aliphatic carbocycles. The van der Waals surface area contributed by atoms with Crippen LogP contribution < -0.4 is 5.56 Å². The quantitative estimate of drug-likeness (QED) is 0.644. The van der Waals surface area contributed by atoms with Crippen LogP contribution in [0.25, 0.3) is 22.3 Å². The largest absolute Gasteiger partial charge is 0.295 e. The lowest BCUT2D eigenvalue weighted by atomic mass is 10.1. The molecule has 0 N–H and O–H groups in total. The molecular weight excluding hydrogens is 309 g/mol. The highest BCUT2D eigenvalue weighted by Gasteiger charge is 2.14. The molecule has 0 saturated heterocycles. The van der Waals surface area contributed by atoms with E-state index >= 15 is 0 Å². The second-order valence-electron chi connectivity index (χ2n) is 4.76. The molecule has 0 radical (unpaired) electrons. The molecule has 1 aromatic carbocycles. The number of aromatic nitrogens is 3. The van der Waals surface area contributed by atoms with Crippen molar-refractivity contribution in [1.82, 2.24) is 14.5 Å². The maximum Gasteiger partial charge on any atom is 0.261 e. The fraction of sp³-hybridized carbons (Fsp3) is 0.133. The van der Waals surface area contributed by atoms with Crippen molar-refractivity contribution < 1.29 is 0 Å². The van der Waals surface area contributed by atoms with Gasteiger partial charge in [0.1, 0.15) is 11.0 Å². The minimum Gasteiger partial charge on any atom is -0.295 e. The summed E-state index contributed by atoms with van der Waals surface area (Å²) < 4.78 is 1.46. The Morgan fingerprint density at radius 3 is 2.71 bits per heavy atom. The molecule has 0 spiro atoms. The lowest BCUT2D eigenvalue weighted by Gasteiger charge is -2.11. The zero-order chi connectivity index (χ0) is 15.1. The first-order chi connectivity index (χ1) is 9.99. The minimum absolute atomic E-state index is 0.166. The van der Waals surface area contributed by atoms with Gasteiger partial charge in [-0.2, -0.15) is 0 Å². The second kappa shape index (κ2) is 5.13. The van der Waals surface area contributed by atoms with Crippen LogP contribution in [0.15, 0.2) is 35.3 Å². The first-order valence-corrected chi connectivity index (χ1v) is 7.02. The van der Waals surface area contributed by atoms with Crippen molar-refractivity contribution in [3.05, 3.63) is 56.6 Å². The van der Waals surface area contributed by atoms with Crippen LogP contribution in [-0.4, -0.2) is 14.5 Å². The Bertz CT molecular complexity index is 919. The van der Waals surface area contributed by atoms with Gasteiger partial charge in [0, 0.05) is 18.3 Å². The normalized spacial score (nSPS) is 11.0. The minimum atomic E-state index is -0.166. The third-order valence-electron chi connectivity index (χ3n) is 3.34. The molecule has 3 aromatic rings. The van der Waals surface area contributed by atoms with Gasteiger partial charge >= 0.3 is 0 Å². The average Bonchev–Trinajstić information content (AvgIpc) is 2.44. The van der Waals surface area contributed by atoms with Gasteiger partial charge < -0.3 is 0 Å². The summed E-state index contributed by atoms with van der Waals surface area (Å²) in [6, 6.07) is 6.96. The van der Waals surface area contributed by atoms with Gasteiger partial charge in [0.25, 0.3) is 5.56 Å². The van der Waals surface area contributed by atoms with E-state index in [0.29, 0.717) is 32.5 Å². The van der Waals surface area contributed by atoms with Gasteiger partial charge in [0.05, 0.1) is 16.5 Å². The van der Waals surface area contributed by atoms with Gasteiger partial charge in [0.15, 0.2) is 0 Å². The third kappa shape index (κ3) is 2.30. The molecule has 0 bridgehead atoms. The molecule has 3 rings (SSSR count). The average molecular weight is 320 g/mol. The number of aryl methyl sites for hydroxylation is 1. The third-order valence-corrected chi connectivity index (χ3v) is 3.86. The van der Waals surface area contributed by atoms with E-state index in [0.717, 1.165) is 5.56 Å². The van der Waals surface area contributed by atoms with Crippen LogP contribution in [0.5, 0.6) is 0 Å². The van der Waals surface area contributed by atoms with Crippen molar-refractivity contribution in [3.8, 4) is 11.4 Å². The molecule has 0 aliphatic rings. The molecule has 0 fully saturated rings. The van der Waals surface area contributed by atoms with Crippen LogP contribution in [-0.2, 0) is 7.05 Å². The van der Waals surface area contributed by atoms with Gasteiger partial charge in [-0.05, 0) is 36.8 Å². The van der Waals surface area contributed by atoms with Gasteiger partial charge in [0.2, 0.25) is 0 Å². The first-order valence-electron chi connectivity index (χ1n) is 6.27. The fourth-order valence-corrected chi connectivity index (χ4v) is 2.78. The Balaban J connectivity index is 2.44. The summed E-state index contributed by atoms with van der Waals surface area (Å²) in [5.74, 6) is 0.482. The maximum atomic E-state index is 12.5. The number of fused-ring (bicyclic) bond motifs is 1. The number of hydrogen-bond acceptors (Lipinski definition) is 3. The highest BCUT2D eigenvalue weighted by molar-refractivity contribution is 6.32. The van der Waals surface area contributed by atoms with E-state index < -0.39 is 0 Å². The fourth-order valence-electron chi connectivity index (χ4n) is 2.30. The molecule has 6 heteroatoms. The predicted octanol–water partition coefficient (Wildman–Crippen LogP) is 3.61. The first kappa shape index (κ1) is 14.0. The summed E-state index contributed by atoms with van der Waals surface area (Å²) in [6.07, 6.45) is 1.59. The van der Waals surface area contributed by atoms with E-state index in [2.05, 4.69) is 9.97 Å². The highest BCUT2D eigenvalue weighted by Crippen LogP contribution is 2.26. The summed E-state index contributed by atoms with van der Waals surface area (Å²) >= 11 is 12.1. The van der Waals surface area contributed by atoms with Crippen LogP contribution >= 0.6 is 23.2 Å². The molecule has 0 saturated carbocycles. The van der Waals surface area contributed by atoms with Gasteiger partial charge in [-0.15, -0.1) is 0 Å². The molecule has 106 valence electrons. The monoisotopic (exact) mass is 319 g/mol. The van der Waals surface area contributed by atoms with Crippen molar-refractivity contribution >= 4 is 34.1 Å². The molecule has 4 nitrogen and oxygen atoms in total. The molecule has 0 unspecified atom stereocenters. The zero-order valence-electron chi connectivity index (χ0n) is 11.4. The van der Waals surface area contributed by atoms with Crippen molar-refractivity contribution in [2.45, 2.75) is 6.92 Å². The zero-order valence-corrected chi connectivity index (χ0v) is 12.9. The van der Waals surface area contributed by atoms with Crippen LogP contribution in [0, 0.1) is 6.92 Å². The summed E-state index contributed by atoms with van der Waals surface area (Å²) in [5, 5.41) is 1.32. The Hall–Kier alpha value is -1.91. The van der Waals surface area contributed by atoms with Crippen molar-refractivity contribution in [2.24, 2.45) is 7.05 Å². The van der Waals surface area contributed by atoms with Crippen LogP contribution in [0.3, 0.4) is 0 Å². The molecule has 0 aliphatic heterocycles. The smallest absolute Gasteiger partial charge is 0.261 e. The summed E-state index contributed by atoms with van der Waals surface area (Å²) in [7, 11) is 1.66. The van der Waals surface area contributed by atoms with Crippen LogP contribution in [0.2, 0.25) is 10.2 Å². The van der Waals surface area contributed by atoms with E-state index in [1.54, 1.807) is 37.5 Å². The highest BCUT2D eigenvalue weighted by atomic mass is 35.5. The maximum absolute atomic E-state index is 12.5. The van der Waals surface area contributed by atoms with E-state index in [4.69, 9.17) is 23.2 Å². The Labute approximate surface area is 131 Å². The van der Waals surface area contributed by atoms with Crippen molar-refractivity contribution in [2.75, 3.05) is 0 Å². The second-order valence-corrected chi connectivity index (χ2v) is 5.55. The molecule has 21 heavy (non-hydrogen) atoms. The lowest BCUT2D eigenvalue weighted by Crippen LogP contribution is -2.20. The number of nitrogens with zero attached hydrogens (tertiary/aromatic N) is 3. The SMILES string of the molecule is Cc1cc(Cl)cc2c(=O)n(C)c(-c3cccnc3Cl)nc12. The van der Waals surface area contributed by atoms with Crippen LogP contribution in [0.1, 0.15) is 5.56 Å². The molecular formula is C15H11Cl2N3O. The van der Waals surface area contributed by atoms with Crippen molar-refractivity contribution in [1.29, 1.82) is 0 Å². The number of pyridine rings is 1. The Morgan fingerprint density at radius 1 is 1.24 bits per heavy atom. The Morgan fingerprint density at radius 2 is 2.00 bits per heavy atom. The van der Waals surface area contributed by atoms with Gasteiger partial charge in [-0.25, -0.2) is 9.97 Å². The van der Waals surface area contributed by atoms with E-state index in [9.17, 15) is 4.79 Å². The number of rotatable bonds is 1. The summed E-state index contributed by atoms with van der Waals surface area (Å²) in [6.45, 7) is 1.87. The predicted molar refractivity (Wildman–Crippen MR) is 85.0 cm³/mol. The standard InChI is InChI=1S/C15H11Cl2N3O/c1-8-6-9(16)7-11-12(8)19-14(20(2)15(11)21)10-4-3-5-18-13(10)17/h3-7H,1-2H3. The number of hydrogen-bond donors (Lipinski definition) is 0. The summed E-state index contributed by atoms with van der Waals surface area (Å²) in [4.78, 5) is 21.2. The summed E-state index contributed by atoms with van der Waals surface area (Å²) in [5.41, 5.74) is 1.92. The van der Waals surface area contributed by atoms with Crippen LogP contribution in [0.4, 0.5) is 0 Å².